The maximum atomic E-state index is 10.7. The Kier molecular flexibility index (Phi) is 4.01. The van der Waals surface area contributed by atoms with Crippen LogP contribution in [0.5, 0.6) is 0 Å². The Balaban J connectivity index is 2.23. The normalized spacial score (nSPS) is 10.8. The number of benzene rings is 1. The molecule has 1 aromatic heterocycles. The molecule has 0 aliphatic carbocycles. The fourth-order valence-electron chi connectivity index (χ4n) is 1.47. The predicted molar refractivity (Wildman–Crippen MR) is 77.7 cm³/mol. The Morgan fingerprint density at radius 2 is 2.11 bits per heavy atom. The summed E-state index contributed by atoms with van der Waals surface area (Å²) in [5.74, 6) is 0.660. The van der Waals surface area contributed by atoms with Crippen molar-refractivity contribution >= 4 is 33.9 Å². The Bertz CT molecular complexity index is 617. The van der Waals surface area contributed by atoms with Gasteiger partial charge in [-0.05, 0) is 18.2 Å². The first-order valence-electron chi connectivity index (χ1n) is 5.51. The summed E-state index contributed by atoms with van der Waals surface area (Å²) < 4.78 is 6.45. The van der Waals surface area contributed by atoms with Crippen molar-refractivity contribution in [1.29, 1.82) is 0 Å². The smallest absolute Gasteiger partial charge is 0.236 e. The second kappa shape index (κ2) is 5.71. The third kappa shape index (κ3) is 3.45. The van der Waals surface area contributed by atoms with Crippen molar-refractivity contribution in [2.75, 3.05) is 5.73 Å². The molecule has 3 N–H and O–H groups in total. The summed E-state index contributed by atoms with van der Waals surface area (Å²) in [7, 11) is 0. The van der Waals surface area contributed by atoms with Gasteiger partial charge in [0.05, 0.1) is 11.8 Å². The Morgan fingerprint density at radius 3 is 2.74 bits per heavy atom. The number of nitrogens with two attached hydrogens (primary N) is 1. The molecular formula is C13H12BrN3O2. The summed E-state index contributed by atoms with van der Waals surface area (Å²) in [4.78, 5) is 10.7. The zero-order valence-electron chi connectivity index (χ0n) is 10.2. The Hall–Kier alpha value is -2.08. The van der Waals surface area contributed by atoms with Gasteiger partial charge in [-0.15, -0.1) is 0 Å². The van der Waals surface area contributed by atoms with Crippen LogP contribution in [0.25, 0.3) is 11.3 Å². The van der Waals surface area contributed by atoms with Gasteiger partial charge in [-0.3, -0.25) is 4.79 Å². The van der Waals surface area contributed by atoms with Gasteiger partial charge in [-0.1, -0.05) is 28.1 Å². The predicted octanol–water partition coefficient (Wildman–Crippen LogP) is 2.76. The molecular weight excluding hydrogens is 310 g/mol. The highest BCUT2D eigenvalue weighted by Crippen LogP contribution is 2.27. The van der Waals surface area contributed by atoms with Crippen LogP contribution >= 0.6 is 15.9 Å². The number of furan rings is 1. The van der Waals surface area contributed by atoms with Gasteiger partial charge < -0.3 is 10.2 Å². The summed E-state index contributed by atoms with van der Waals surface area (Å²) in [5.41, 5.74) is 9.58. The summed E-state index contributed by atoms with van der Waals surface area (Å²) in [6, 6.07) is 9.43. The molecule has 0 saturated heterocycles. The highest BCUT2D eigenvalue weighted by molar-refractivity contribution is 9.10. The lowest BCUT2D eigenvalue weighted by Gasteiger charge is -1.95. The van der Waals surface area contributed by atoms with Gasteiger partial charge in [-0.25, -0.2) is 5.43 Å². The van der Waals surface area contributed by atoms with Crippen molar-refractivity contribution in [1.82, 2.24) is 5.43 Å². The molecule has 0 spiro atoms. The van der Waals surface area contributed by atoms with Crippen molar-refractivity contribution < 1.29 is 9.21 Å². The first-order valence-corrected chi connectivity index (χ1v) is 6.30. The first kappa shape index (κ1) is 13.4. The molecule has 98 valence electrons. The van der Waals surface area contributed by atoms with E-state index in [2.05, 4.69) is 26.5 Å². The number of carbonyl (C=O) groups excluding carboxylic acids is 1. The molecule has 1 heterocycles. The van der Waals surface area contributed by atoms with E-state index in [0.717, 1.165) is 10.0 Å². The van der Waals surface area contributed by atoms with Crippen LogP contribution in [-0.2, 0) is 4.79 Å². The fourth-order valence-corrected chi connectivity index (χ4v) is 1.73. The number of rotatable bonds is 3. The fraction of sp³-hybridized carbons (Fsp3) is 0.0769. The van der Waals surface area contributed by atoms with Crippen LogP contribution in [-0.4, -0.2) is 12.1 Å². The van der Waals surface area contributed by atoms with Crippen LogP contribution in [0.3, 0.4) is 0 Å². The maximum Gasteiger partial charge on any atom is 0.236 e. The quantitative estimate of drug-likeness (QED) is 0.673. The highest BCUT2D eigenvalue weighted by Gasteiger charge is 2.08. The molecule has 0 bridgehead atoms. The van der Waals surface area contributed by atoms with Crippen molar-refractivity contribution in [3.63, 3.8) is 0 Å². The van der Waals surface area contributed by atoms with Crippen molar-refractivity contribution in [2.24, 2.45) is 5.10 Å². The third-order valence-corrected chi connectivity index (χ3v) is 2.87. The molecule has 0 fully saturated rings. The van der Waals surface area contributed by atoms with Gasteiger partial charge in [0, 0.05) is 17.0 Å². The van der Waals surface area contributed by atoms with Crippen molar-refractivity contribution in [3.05, 3.63) is 40.4 Å². The van der Waals surface area contributed by atoms with E-state index in [1.165, 1.54) is 13.1 Å². The minimum absolute atomic E-state index is 0.244. The molecule has 0 radical (unpaired) electrons. The van der Waals surface area contributed by atoms with Crippen LogP contribution in [0.4, 0.5) is 5.88 Å². The van der Waals surface area contributed by atoms with E-state index >= 15 is 0 Å². The molecule has 0 aliphatic rings. The molecule has 0 saturated carbocycles. The van der Waals surface area contributed by atoms with Gasteiger partial charge in [0.25, 0.3) is 0 Å². The van der Waals surface area contributed by atoms with Crippen LogP contribution < -0.4 is 11.2 Å². The Morgan fingerprint density at radius 1 is 1.42 bits per heavy atom. The van der Waals surface area contributed by atoms with E-state index in [4.69, 9.17) is 10.2 Å². The van der Waals surface area contributed by atoms with E-state index in [9.17, 15) is 4.79 Å². The minimum atomic E-state index is -0.244. The number of hydrogen-bond acceptors (Lipinski definition) is 4. The molecule has 1 amide bonds. The largest absolute Gasteiger partial charge is 0.440 e. The van der Waals surface area contributed by atoms with Crippen molar-refractivity contribution in [3.8, 4) is 11.3 Å². The lowest BCUT2D eigenvalue weighted by Crippen LogP contribution is -2.12. The van der Waals surface area contributed by atoms with Crippen LogP contribution in [0.15, 0.2) is 44.3 Å². The summed E-state index contributed by atoms with van der Waals surface area (Å²) in [6.07, 6.45) is 1.45. The molecule has 6 heteroatoms. The van der Waals surface area contributed by atoms with Gasteiger partial charge in [0.15, 0.2) is 5.88 Å². The van der Waals surface area contributed by atoms with Gasteiger partial charge in [-0.2, -0.15) is 5.10 Å². The number of hydrazone groups is 1. The number of nitrogens with zero attached hydrogens (tertiary/aromatic N) is 1. The van der Waals surface area contributed by atoms with Crippen LogP contribution in [0.1, 0.15) is 12.5 Å². The monoisotopic (exact) mass is 321 g/mol. The van der Waals surface area contributed by atoms with Gasteiger partial charge >= 0.3 is 0 Å². The molecule has 2 rings (SSSR count). The topological polar surface area (TPSA) is 80.6 Å². The summed E-state index contributed by atoms with van der Waals surface area (Å²) in [6.45, 7) is 1.38. The van der Waals surface area contributed by atoms with Crippen LogP contribution in [0.2, 0.25) is 0 Å². The van der Waals surface area contributed by atoms with Crippen LogP contribution in [0, 0.1) is 0 Å². The summed E-state index contributed by atoms with van der Waals surface area (Å²) in [5, 5.41) is 3.75. The molecule has 0 atom stereocenters. The van der Waals surface area contributed by atoms with E-state index < -0.39 is 0 Å². The second-order valence-electron chi connectivity index (χ2n) is 3.86. The zero-order valence-corrected chi connectivity index (χ0v) is 11.8. The average Bonchev–Trinajstić information content (AvgIpc) is 2.71. The highest BCUT2D eigenvalue weighted by atomic mass is 79.9. The SMILES string of the molecule is CC(=O)N/N=C/c1cc(-c2ccc(Br)cc2)oc1N. The zero-order chi connectivity index (χ0) is 13.8. The maximum absolute atomic E-state index is 10.7. The first-order chi connectivity index (χ1) is 9.06. The molecule has 5 nitrogen and oxygen atoms in total. The third-order valence-electron chi connectivity index (χ3n) is 2.35. The average molecular weight is 322 g/mol. The number of nitrogen functional groups attached to an aromatic ring is 1. The van der Waals surface area contributed by atoms with Gasteiger partial charge in [0.1, 0.15) is 5.76 Å². The molecule has 0 unspecified atom stereocenters. The van der Waals surface area contributed by atoms with E-state index in [-0.39, 0.29) is 11.8 Å². The van der Waals surface area contributed by atoms with E-state index in [0.29, 0.717) is 11.3 Å². The second-order valence-corrected chi connectivity index (χ2v) is 4.78. The molecule has 1 aromatic carbocycles. The number of halogens is 1. The number of anilines is 1. The lowest BCUT2D eigenvalue weighted by molar-refractivity contribution is -0.118. The molecule has 0 aliphatic heterocycles. The standard InChI is InChI=1S/C13H12BrN3O2/c1-8(18)17-16-7-10-6-12(19-13(10)15)9-2-4-11(14)5-3-9/h2-7H,15H2,1H3,(H,17,18)/b16-7+. The van der Waals surface area contributed by atoms with Crippen molar-refractivity contribution in [2.45, 2.75) is 6.92 Å². The van der Waals surface area contributed by atoms with E-state index in [1.807, 2.05) is 24.3 Å². The number of amides is 1. The molecule has 2 aromatic rings. The summed E-state index contributed by atoms with van der Waals surface area (Å²) >= 11 is 3.37. The number of carbonyl (C=O) groups is 1. The lowest BCUT2D eigenvalue weighted by atomic mass is 10.1. The number of nitrogens with one attached hydrogen (secondary N) is 1. The van der Waals surface area contributed by atoms with E-state index in [1.54, 1.807) is 6.07 Å². The number of hydrogen-bond donors (Lipinski definition) is 2. The minimum Gasteiger partial charge on any atom is -0.440 e. The Labute approximate surface area is 118 Å². The molecule has 19 heavy (non-hydrogen) atoms. The van der Waals surface area contributed by atoms with Gasteiger partial charge in [0.2, 0.25) is 5.91 Å².